The normalized spacial score (nSPS) is 13.2. The first-order valence-corrected chi connectivity index (χ1v) is 7.43. The fourth-order valence-corrected chi connectivity index (χ4v) is 1.57. The molecule has 17 heavy (non-hydrogen) atoms. The first-order valence-electron chi connectivity index (χ1n) is 7.43. The molecule has 0 heterocycles. The summed E-state index contributed by atoms with van der Waals surface area (Å²) in [5, 5.41) is 0. The van der Waals surface area contributed by atoms with Crippen LogP contribution in [-0.4, -0.2) is 19.5 Å². The van der Waals surface area contributed by atoms with E-state index in [9.17, 15) is 0 Å². The van der Waals surface area contributed by atoms with E-state index in [1.54, 1.807) is 0 Å². The maximum atomic E-state index is 5.82. The third kappa shape index (κ3) is 12.2. The summed E-state index contributed by atoms with van der Waals surface area (Å²) < 4.78 is 11.6. The topological polar surface area (TPSA) is 18.5 Å². The first-order chi connectivity index (χ1) is 8.20. The van der Waals surface area contributed by atoms with E-state index in [0.29, 0.717) is 5.92 Å². The Labute approximate surface area is 108 Å². The summed E-state index contributed by atoms with van der Waals surface area (Å²) in [5.41, 5.74) is 0. The van der Waals surface area contributed by atoms with Crippen molar-refractivity contribution in [2.75, 3.05) is 13.2 Å². The number of unbranched alkanes of at least 4 members (excludes halogenated alkanes) is 3. The largest absolute Gasteiger partial charge is 0.353 e. The Morgan fingerprint density at radius 1 is 0.765 bits per heavy atom. The second-order valence-electron chi connectivity index (χ2n) is 5.20. The molecule has 0 saturated carbocycles. The van der Waals surface area contributed by atoms with Gasteiger partial charge in [0.25, 0.3) is 0 Å². The minimum absolute atomic E-state index is 0.0341. The summed E-state index contributed by atoms with van der Waals surface area (Å²) in [5.74, 6) is 0.710. The van der Waals surface area contributed by atoms with Crippen LogP contribution >= 0.6 is 0 Å². The predicted molar refractivity (Wildman–Crippen MR) is 74.2 cm³/mol. The van der Waals surface area contributed by atoms with Crippen molar-refractivity contribution in [3.05, 3.63) is 0 Å². The molecular formula is C15H32O2. The Morgan fingerprint density at radius 2 is 1.41 bits per heavy atom. The molecule has 0 amide bonds. The molecule has 0 aliphatic carbocycles. The van der Waals surface area contributed by atoms with Gasteiger partial charge in [-0.3, -0.25) is 0 Å². The summed E-state index contributed by atoms with van der Waals surface area (Å²) in [6, 6.07) is 0. The summed E-state index contributed by atoms with van der Waals surface area (Å²) in [7, 11) is 0. The Balaban J connectivity index is 3.67. The number of ether oxygens (including phenoxy) is 2. The monoisotopic (exact) mass is 244 g/mol. The lowest BCUT2D eigenvalue weighted by Gasteiger charge is -2.19. The summed E-state index contributed by atoms with van der Waals surface area (Å²) in [6.07, 6.45) is 8.29. The second-order valence-corrected chi connectivity index (χ2v) is 5.20. The molecule has 0 aromatic rings. The van der Waals surface area contributed by atoms with Gasteiger partial charge >= 0.3 is 0 Å². The van der Waals surface area contributed by atoms with Crippen LogP contribution < -0.4 is 0 Å². The number of hydrogen-bond donors (Lipinski definition) is 0. The van der Waals surface area contributed by atoms with Gasteiger partial charge in [-0.15, -0.1) is 0 Å². The van der Waals surface area contributed by atoms with Gasteiger partial charge in [0.1, 0.15) is 0 Å². The molecule has 1 atom stereocenters. The van der Waals surface area contributed by atoms with Crippen molar-refractivity contribution in [2.45, 2.75) is 78.9 Å². The van der Waals surface area contributed by atoms with Crippen LogP contribution in [-0.2, 0) is 9.47 Å². The average Bonchev–Trinajstić information content (AvgIpc) is 2.28. The molecule has 0 aromatic heterocycles. The molecule has 0 bridgehead atoms. The molecule has 0 spiro atoms. The van der Waals surface area contributed by atoms with Crippen molar-refractivity contribution in [1.29, 1.82) is 0 Å². The zero-order valence-corrected chi connectivity index (χ0v) is 12.3. The highest BCUT2D eigenvalue weighted by Crippen LogP contribution is 2.11. The van der Waals surface area contributed by atoms with Crippen molar-refractivity contribution in [2.24, 2.45) is 5.92 Å². The number of hydrogen-bond acceptors (Lipinski definition) is 2. The SMILES string of the molecule is CCCCCC(OCCCC)OCCC(C)C. The lowest BCUT2D eigenvalue weighted by atomic mass is 10.1. The summed E-state index contributed by atoms with van der Waals surface area (Å²) in [6.45, 7) is 10.6. The first kappa shape index (κ1) is 16.9. The van der Waals surface area contributed by atoms with Gasteiger partial charge in [0, 0.05) is 13.2 Å². The molecule has 0 radical (unpaired) electrons. The van der Waals surface area contributed by atoms with E-state index >= 15 is 0 Å². The molecule has 0 aliphatic heterocycles. The molecular weight excluding hydrogens is 212 g/mol. The van der Waals surface area contributed by atoms with Crippen LogP contribution in [0.5, 0.6) is 0 Å². The van der Waals surface area contributed by atoms with Crippen molar-refractivity contribution in [3.8, 4) is 0 Å². The summed E-state index contributed by atoms with van der Waals surface area (Å²) in [4.78, 5) is 0. The van der Waals surface area contributed by atoms with Crippen molar-refractivity contribution < 1.29 is 9.47 Å². The summed E-state index contributed by atoms with van der Waals surface area (Å²) >= 11 is 0. The second kappa shape index (κ2) is 12.4. The smallest absolute Gasteiger partial charge is 0.157 e. The fraction of sp³-hybridized carbons (Fsp3) is 1.00. The Hall–Kier alpha value is -0.0800. The van der Waals surface area contributed by atoms with Crippen LogP contribution in [0.1, 0.15) is 72.6 Å². The molecule has 2 nitrogen and oxygen atoms in total. The molecule has 0 N–H and O–H groups in total. The van der Waals surface area contributed by atoms with Crippen LogP contribution in [0.25, 0.3) is 0 Å². The van der Waals surface area contributed by atoms with E-state index in [2.05, 4.69) is 27.7 Å². The van der Waals surface area contributed by atoms with Gasteiger partial charge in [0.05, 0.1) is 0 Å². The molecule has 0 aliphatic rings. The Morgan fingerprint density at radius 3 is 2.00 bits per heavy atom. The molecule has 0 rings (SSSR count). The maximum absolute atomic E-state index is 5.82. The van der Waals surface area contributed by atoms with E-state index in [0.717, 1.165) is 32.5 Å². The Bertz CT molecular complexity index is 136. The van der Waals surface area contributed by atoms with Gasteiger partial charge in [-0.1, -0.05) is 47.0 Å². The van der Waals surface area contributed by atoms with E-state index in [1.165, 1.54) is 25.7 Å². The highest BCUT2D eigenvalue weighted by molar-refractivity contribution is 4.50. The highest BCUT2D eigenvalue weighted by Gasteiger charge is 2.09. The van der Waals surface area contributed by atoms with Crippen LogP contribution in [0.3, 0.4) is 0 Å². The van der Waals surface area contributed by atoms with Crippen molar-refractivity contribution in [1.82, 2.24) is 0 Å². The minimum Gasteiger partial charge on any atom is -0.353 e. The van der Waals surface area contributed by atoms with Gasteiger partial charge < -0.3 is 9.47 Å². The van der Waals surface area contributed by atoms with E-state index in [4.69, 9.17) is 9.47 Å². The maximum Gasteiger partial charge on any atom is 0.157 e. The van der Waals surface area contributed by atoms with Crippen LogP contribution in [0.4, 0.5) is 0 Å². The third-order valence-corrected chi connectivity index (χ3v) is 2.84. The highest BCUT2D eigenvalue weighted by atomic mass is 16.7. The molecule has 2 heteroatoms. The van der Waals surface area contributed by atoms with Gasteiger partial charge in [0.15, 0.2) is 6.29 Å². The van der Waals surface area contributed by atoms with E-state index in [-0.39, 0.29) is 6.29 Å². The molecule has 0 saturated heterocycles. The predicted octanol–water partition coefficient (Wildman–Crippen LogP) is 4.77. The molecule has 0 aromatic carbocycles. The van der Waals surface area contributed by atoms with Crippen molar-refractivity contribution in [3.63, 3.8) is 0 Å². The third-order valence-electron chi connectivity index (χ3n) is 2.84. The molecule has 0 fully saturated rings. The zero-order valence-electron chi connectivity index (χ0n) is 12.3. The molecule has 1 unspecified atom stereocenters. The van der Waals surface area contributed by atoms with Crippen molar-refractivity contribution >= 4 is 0 Å². The zero-order chi connectivity index (χ0) is 12.9. The standard InChI is InChI=1S/C15H32O2/c1-5-7-9-10-15(16-12-8-6-2)17-13-11-14(3)4/h14-15H,5-13H2,1-4H3. The van der Waals surface area contributed by atoms with Crippen LogP contribution in [0, 0.1) is 5.92 Å². The van der Waals surface area contributed by atoms with E-state index < -0.39 is 0 Å². The van der Waals surface area contributed by atoms with Gasteiger partial charge in [-0.05, 0) is 31.6 Å². The minimum atomic E-state index is 0.0341. The van der Waals surface area contributed by atoms with Gasteiger partial charge in [0.2, 0.25) is 0 Å². The lowest BCUT2D eigenvalue weighted by Crippen LogP contribution is -2.19. The molecule has 104 valence electrons. The number of rotatable bonds is 12. The quantitative estimate of drug-likeness (QED) is 0.363. The van der Waals surface area contributed by atoms with E-state index in [1.807, 2.05) is 0 Å². The van der Waals surface area contributed by atoms with Crippen LogP contribution in [0.2, 0.25) is 0 Å². The van der Waals surface area contributed by atoms with Gasteiger partial charge in [-0.2, -0.15) is 0 Å². The van der Waals surface area contributed by atoms with Gasteiger partial charge in [-0.25, -0.2) is 0 Å². The lowest BCUT2D eigenvalue weighted by molar-refractivity contribution is -0.148. The average molecular weight is 244 g/mol. The Kier molecular flexibility index (Phi) is 12.3. The van der Waals surface area contributed by atoms with Crippen LogP contribution in [0.15, 0.2) is 0 Å². The fourth-order valence-electron chi connectivity index (χ4n) is 1.57.